The SMILES string of the molecule is CC#Cc1sc2ncnc(O[C@H](Cc3cc(C=O)ccc3OCc3ccnc(-c4ccccc4OC)n3)C(=O)OCC)c2c1I. The molecule has 0 bridgehead atoms. The molecular formula is C33H27IN4O6S. The smallest absolute Gasteiger partial charge is 0.347 e. The molecule has 0 saturated carbocycles. The minimum atomic E-state index is -1.10. The van der Waals surface area contributed by atoms with Crippen molar-refractivity contribution in [2.75, 3.05) is 13.7 Å². The Kier molecular flexibility index (Phi) is 10.5. The average Bonchev–Trinajstić information content (AvgIpc) is 3.39. The van der Waals surface area contributed by atoms with Gasteiger partial charge in [-0.2, -0.15) is 0 Å². The van der Waals surface area contributed by atoms with Crippen molar-refractivity contribution in [2.45, 2.75) is 33.0 Å². The minimum absolute atomic E-state index is 0.0416. The molecule has 5 aromatic rings. The van der Waals surface area contributed by atoms with Gasteiger partial charge < -0.3 is 18.9 Å². The average molecular weight is 735 g/mol. The van der Waals surface area contributed by atoms with E-state index in [4.69, 9.17) is 18.9 Å². The Bertz CT molecular complexity index is 1920. The van der Waals surface area contributed by atoms with Gasteiger partial charge in [0.15, 0.2) is 5.82 Å². The molecule has 0 unspecified atom stereocenters. The zero-order valence-corrected chi connectivity index (χ0v) is 27.5. The summed E-state index contributed by atoms with van der Waals surface area (Å²) in [6.45, 7) is 3.74. The van der Waals surface area contributed by atoms with Gasteiger partial charge in [-0.3, -0.25) is 4.79 Å². The van der Waals surface area contributed by atoms with Gasteiger partial charge in [-0.25, -0.2) is 24.7 Å². The van der Waals surface area contributed by atoms with Crippen LogP contribution in [0.2, 0.25) is 0 Å². The second-order valence-electron chi connectivity index (χ2n) is 9.39. The van der Waals surface area contributed by atoms with Crippen molar-refractivity contribution in [3.05, 3.63) is 86.3 Å². The lowest BCUT2D eigenvalue weighted by Gasteiger charge is -2.19. The molecule has 0 amide bonds. The molecule has 0 N–H and O–H groups in total. The summed E-state index contributed by atoms with van der Waals surface area (Å²) in [5, 5.41) is 0.669. The Balaban J connectivity index is 1.44. The van der Waals surface area contributed by atoms with Crippen LogP contribution in [0, 0.1) is 15.4 Å². The molecule has 3 heterocycles. The summed E-state index contributed by atoms with van der Waals surface area (Å²) in [6, 6.07) is 14.2. The van der Waals surface area contributed by atoms with E-state index in [-0.39, 0.29) is 25.5 Å². The molecule has 5 rings (SSSR count). The lowest BCUT2D eigenvalue weighted by molar-refractivity contribution is -0.151. The number of methoxy groups -OCH3 is 1. The van der Waals surface area contributed by atoms with Crippen molar-refractivity contribution < 1.29 is 28.5 Å². The van der Waals surface area contributed by atoms with Crippen LogP contribution in [0.25, 0.3) is 21.6 Å². The Labute approximate surface area is 277 Å². The van der Waals surface area contributed by atoms with Crippen LogP contribution >= 0.6 is 33.9 Å². The summed E-state index contributed by atoms with van der Waals surface area (Å²) in [5.74, 6) is 7.24. The fourth-order valence-corrected chi connectivity index (χ4v) is 6.52. The third kappa shape index (κ3) is 7.38. The van der Waals surface area contributed by atoms with Crippen LogP contribution in [0.4, 0.5) is 0 Å². The molecule has 0 radical (unpaired) electrons. The van der Waals surface area contributed by atoms with Crippen molar-refractivity contribution in [3.8, 4) is 40.6 Å². The summed E-state index contributed by atoms with van der Waals surface area (Å²) < 4.78 is 24.1. The van der Waals surface area contributed by atoms with Gasteiger partial charge in [0.1, 0.15) is 35.5 Å². The summed E-state index contributed by atoms with van der Waals surface area (Å²) in [5.41, 5.74) is 2.36. The van der Waals surface area contributed by atoms with E-state index in [0.29, 0.717) is 44.4 Å². The van der Waals surface area contributed by atoms with Gasteiger partial charge in [0.2, 0.25) is 12.0 Å². The number of carbonyl (C=O) groups excluding carboxylic acids is 2. The van der Waals surface area contributed by atoms with Gasteiger partial charge in [0, 0.05) is 18.2 Å². The van der Waals surface area contributed by atoms with Crippen molar-refractivity contribution in [3.63, 3.8) is 0 Å². The number of thiophene rings is 1. The van der Waals surface area contributed by atoms with E-state index in [1.807, 2.05) is 24.3 Å². The van der Waals surface area contributed by atoms with Crippen molar-refractivity contribution in [1.29, 1.82) is 0 Å². The normalized spacial score (nSPS) is 11.3. The number of aldehydes is 1. The maximum atomic E-state index is 13.2. The van der Waals surface area contributed by atoms with Gasteiger partial charge in [-0.15, -0.1) is 17.3 Å². The predicted octanol–water partition coefficient (Wildman–Crippen LogP) is 6.08. The molecule has 0 saturated heterocycles. The molecule has 10 nitrogen and oxygen atoms in total. The Morgan fingerprint density at radius 1 is 1.11 bits per heavy atom. The largest absolute Gasteiger partial charge is 0.496 e. The molecular weight excluding hydrogens is 707 g/mol. The van der Waals surface area contributed by atoms with Crippen LogP contribution < -0.4 is 14.2 Å². The number of benzene rings is 2. The molecule has 0 fully saturated rings. The van der Waals surface area contributed by atoms with Crippen LogP contribution in [-0.2, 0) is 22.6 Å². The molecule has 2 aromatic carbocycles. The quantitative estimate of drug-likeness (QED) is 0.0646. The number of hydrogen-bond acceptors (Lipinski definition) is 11. The van der Waals surface area contributed by atoms with E-state index in [1.54, 1.807) is 51.4 Å². The van der Waals surface area contributed by atoms with Gasteiger partial charge >= 0.3 is 5.97 Å². The van der Waals surface area contributed by atoms with E-state index < -0.39 is 12.1 Å². The fourth-order valence-electron chi connectivity index (χ4n) is 4.46. The van der Waals surface area contributed by atoms with Crippen LogP contribution in [0.3, 0.4) is 0 Å². The summed E-state index contributed by atoms with van der Waals surface area (Å²) >= 11 is 3.60. The Hall–Kier alpha value is -4.61. The highest BCUT2D eigenvalue weighted by Crippen LogP contribution is 2.36. The summed E-state index contributed by atoms with van der Waals surface area (Å²) in [4.78, 5) is 44.2. The molecule has 0 aliphatic rings. The lowest BCUT2D eigenvalue weighted by Crippen LogP contribution is -2.32. The second-order valence-corrected chi connectivity index (χ2v) is 11.5. The molecule has 3 aromatic heterocycles. The molecule has 45 heavy (non-hydrogen) atoms. The molecule has 0 spiro atoms. The number of nitrogens with zero attached hydrogens (tertiary/aromatic N) is 4. The first-order chi connectivity index (χ1) is 21.9. The number of hydrogen-bond donors (Lipinski definition) is 0. The summed E-state index contributed by atoms with van der Waals surface area (Å²) in [7, 11) is 1.59. The number of esters is 1. The van der Waals surface area contributed by atoms with Crippen molar-refractivity contribution >= 4 is 56.4 Å². The highest BCUT2D eigenvalue weighted by Gasteiger charge is 2.27. The van der Waals surface area contributed by atoms with Gasteiger partial charge in [0.25, 0.3) is 0 Å². The first-order valence-electron chi connectivity index (χ1n) is 13.8. The zero-order chi connectivity index (χ0) is 31.8. The second kappa shape index (κ2) is 14.9. The summed E-state index contributed by atoms with van der Waals surface area (Å²) in [6.07, 6.45) is 2.72. The Morgan fingerprint density at radius 2 is 1.96 bits per heavy atom. The number of carbonyl (C=O) groups is 2. The first-order valence-corrected chi connectivity index (χ1v) is 15.7. The molecule has 12 heteroatoms. The Morgan fingerprint density at radius 3 is 2.73 bits per heavy atom. The van der Waals surface area contributed by atoms with E-state index in [1.165, 1.54) is 17.7 Å². The standard InChI is InChI=1S/C33H27IN4O6S/c1-4-8-27-29(34)28-31(36-19-37-32(28)45-27)44-26(33(40)42-5-2)16-21-15-20(17-39)11-12-24(21)43-18-22-13-14-35-30(38-22)23-9-6-7-10-25(23)41-3/h6-7,9-15,17,19,26H,5,16,18H2,1-3H3/t26-/m1/s1. The monoisotopic (exact) mass is 734 g/mol. The number of ether oxygens (including phenoxy) is 4. The van der Waals surface area contributed by atoms with Gasteiger partial charge in [-0.1, -0.05) is 18.1 Å². The van der Waals surface area contributed by atoms with Gasteiger partial charge in [-0.05, 0) is 78.4 Å². The topological polar surface area (TPSA) is 123 Å². The number of para-hydroxylation sites is 1. The minimum Gasteiger partial charge on any atom is -0.496 e. The molecule has 228 valence electrons. The van der Waals surface area contributed by atoms with Crippen LogP contribution in [0.5, 0.6) is 17.4 Å². The maximum Gasteiger partial charge on any atom is 0.347 e. The van der Waals surface area contributed by atoms with E-state index >= 15 is 0 Å². The van der Waals surface area contributed by atoms with E-state index in [0.717, 1.165) is 20.3 Å². The fraction of sp³-hybridized carbons (Fsp3) is 0.212. The van der Waals surface area contributed by atoms with Gasteiger partial charge in [0.05, 0.1) is 38.8 Å². The third-order valence-corrected chi connectivity index (χ3v) is 8.96. The van der Waals surface area contributed by atoms with E-state index in [9.17, 15) is 9.59 Å². The maximum absolute atomic E-state index is 13.2. The number of fused-ring (bicyclic) bond motifs is 1. The molecule has 0 aliphatic carbocycles. The van der Waals surface area contributed by atoms with E-state index in [2.05, 4.69) is 54.4 Å². The van der Waals surface area contributed by atoms with Crippen LogP contribution in [0.15, 0.2) is 61.1 Å². The molecule has 0 aliphatic heterocycles. The number of halogens is 1. The van der Waals surface area contributed by atoms with Crippen molar-refractivity contribution in [1.82, 2.24) is 19.9 Å². The third-order valence-electron chi connectivity index (χ3n) is 6.50. The van der Waals surface area contributed by atoms with Crippen LogP contribution in [0.1, 0.15) is 40.3 Å². The molecule has 1 atom stereocenters. The first kappa shape index (κ1) is 31.8. The van der Waals surface area contributed by atoms with Crippen molar-refractivity contribution in [2.24, 2.45) is 0 Å². The number of rotatable bonds is 12. The number of aromatic nitrogens is 4. The van der Waals surface area contributed by atoms with Crippen LogP contribution in [-0.4, -0.2) is 52.0 Å². The lowest BCUT2D eigenvalue weighted by atomic mass is 10.0. The highest BCUT2D eigenvalue weighted by molar-refractivity contribution is 14.1. The highest BCUT2D eigenvalue weighted by atomic mass is 127. The predicted molar refractivity (Wildman–Crippen MR) is 178 cm³/mol. The zero-order valence-electron chi connectivity index (χ0n) is 24.6.